The highest BCUT2D eigenvalue weighted by molar-refractivity contribution is 5.48. The van der Waals surface area contributed by atoms with Crippen molar-refractivity contribution in [2.24, 2.45) is 0 Å². The smallest absolute Gasteiger partial charge is 0.0941 e. The van der Waals surface area contributed by atoms with E-state index >= 15 is 0 Å². The van der Waals surface area contributed by atoms with E-state index in [4.69, 9.17) is 0 Å². The molecule has 1 aliphatic heterocycles. The van der Waals surface area contributed by atoms with Gasteiger partial charge in [0.2, 0.25) is 0 Å². The molecule has 0 radical (unpaired) electrons. The fraction of sp³-hybridized carbons (Fsp3) is 0.364. The number of aromatic nitrogens is 1. The molecule has 0 spiro atoms. The lowest BCUT2D eigenvalue weighted by molar-refractivity contribution is 0.406. The van der Waals surface area contributed by atoms with Crippen molar-refractivity contribution in [1.29, 1.82) is 0 Å². The number of hydrogen-bond acceptors (Lipinski definition) is 3. The van der Waals surface area contributed by atoms with Gasteiger partial charge in [0.15, 0.2) is 0 Å². The van der Waals surface area contributed by atoms with Crippen LogP contribution in [0.25, 0.3) is 0 Å². The van der Waals surface area contributed by atoms with Crippen molar-refractivity contribution >= 4 is 5.69 Å². The second kappa shape index (κ2) is 4.13. The second-order valence-corrected chi connectivity index (χ2v) is 3.43. The lowest BCUT2D eigenvalue weighted by Gasteiger charge is -2.20. The maximum absolute atomic E-state index is 4.01. The Bertz CT molecular complexity index is 308. The van der Waals surface area contributed by atoms with Crippen LogP contribution in [-0.4, -0.2) is 23.1 Å². The fourth-order valence-corrected chi connectivity index (χ4v) is 1.60. The highest BCUT2D eigenvalue weighted by Crippen LogP contribution is 2.17. The average Bonchev–Trinajstić information content (AvgIpc) is 2.68. The Morgan fingerprint density at radius 3 is 2.79 bits per heavy atom. The molecule has 0 aliphatic carbocycles. The van der Waals surface area contributed by atoms with Gasteiger partial charge in [-0.1, -0.05) is 6.92 Å². The van der Waals surface area contributed by atoms with Crippen LogP contribution in [0.4, 0.5) is 5.69 Å². The molecule has 14 heavy (non-hydrogen) atoms. The van der Waals surface area contributed by atoms with Crippen molar-refractivity contribution in [3.8, 4) is 0 Å². The van der Waals surface area contributed by atoms with Gasteiger partial charge in [0.1, 0.15) is 0 Å². The molecule has 0 unspecified atom stereocenters. The Balaban J connectivity index is 2.00. The molecule has 3 heteroatoms. The van der Waals surface area contributed by atoms with Crippen molar-refractivity contribution in [3.05, 3.63) is 36.9 Å². The van der Waals surface area contributed by atoms with Gasteiger partial charge in [-0.15, -0.1) is 0 Å². The zero-order valence-corrected chi connectivity index (χ0v) is 8.43. The number of nitrogens with zero attached hydrogens (tertiary/aromatic N) is 3. The van der Waals surface area contributed by atoms with Gasteiger partial charge in [0, 0.05) is 37.0 Å². The molecule has 0 saturated carbocycles. The molecule has 0 amide bonds. The van der Waals surface area contributed by atoms with Crippen molar-refractivity contribution < 1.29 is 0 Å². The summed E-state index contributed by atoms with van der Waals surface area (Å²) in [6, 6.07) is 4.06. The summed E-state index contributed by atoms with van der Waals surface area (Å²) < 4.78 is 0. The van der Waals surface area contributed by atoms with Crippen LogP contribution in [0.2, 0.25) is 0 Å². The maximum atomic E-state index is 4.01. The first-order chi connectivity index (χ1) is 6.90. The summed E-state index contributed by atoms with van der Waals surface area (Å²) in [5.41, 5.74) is 1.20. The summed E-state index contributed by atoms with van der Waals surface area (Å²) in [4.78, 5) is 8.53. The second-order valence-electron chi connectivity index (χ2n) is 3.43. The van der Waals surface area contributed by atoms with Crippen LogP contribution in [-0.2, 0) is 0 Å². The Kier molecular flexibility index (Phi) is 2.68. The van der Waals surface area contributed by atoms with Crippen LogP contribution < -0.4 is 4.90 Å². The third-order valence-electron chi connectivity index (χ3n) is 2.30. The fourth-order valence-electron chi connectivity index (χ4n) is 1.60. The Hall–Kier alpha value is -1.51. The predicted octanol–water partition coefficient (Wildman–Crippen LogP) is 2.04. The molecule has 2 rings (SSSR count). The van der Waals surface area contributed by atoms with Gasteiger partial charge in [-0.25, -0.2) is 0 Å². The monoisotopic (exact) mass is 189 g/mol. The summed E-state index contributed by atoms with van der Waals surface area (Å²) in [6.07, 6.45) is 9.10. The molecule has 1 aliphatic rings. The molecule has 74 valence electrons. The lowest BCUT2D eigenvalue weighted by Crippen LogP contribution is -2.25. The van der Waals surface area contributed by atoms with E-state index < -0.39 is 0 Å². The standard InChI is InChI=1S/C11H15N3/c1-2-7-13-8-9-14(10-13)11-3-5-12-6-4-11/h3-6,8-9H,2,7,10H2,1H3. The van der Waals surface area contributed by atoms with Gasteiger partial charge in [-0.05, 0) is 18.6 Å². The number of rotatable bonds is 3. The predicted molar refractivity (Wildman–Crippen MR) is 57.7 cm³/mol. The van der Waals surface area contributed by atoms with E-state index in [9.17, 15) is 0 Å². The normalized spacial score (nSPS) is 15.2. The van der Waals surface area contributed by atoms with Crippen molar-refractivity contribution in [1.82, 2.24) is 9.88 Å². The average molecular weight is 189 g/mol. The van der Waals surface area contributed by atoms with E-state index in [1.807, 2.05) is 24.5 Å². The van der Waals surface area contributed by atoms with Crippen LogP contribution in [0.3, 0.4) is 0 Å². The molecule has 1 aromatic heterocycles. The summed E-state index contributed by atoms with van der Waals surface area (Å²) in [5, 5.41) is 0. The first-order valence-corrected chi connectivity index (χ1v) is 4.99. The van der Waals surface area contributed by atoms with E-state index in [1.54, 1.807) is 0 Å². The zero-order valence-electron chi connectivity index (χ0n) is 8.43. The number of anilines is 1. The zero-order chi connectivity index (χ0) is 9.80. The van der Waals surface area contributed by atoms with Gasteiger partial charge in [-0.2, -0.15) is 0 Å². The minimum absolute atomic E-state index is 0.956. The van der Waals surface area contributed by atoms with Gasteiger partial charge in [0.25, 0.3) is 0 Å². The molecular formula is C11H15N3. The molecule has 0 atom stereocenters. The van der Waals surface area contributed by atoms with Crippen molar-refractivity contribution in [2.45, 2.75) is 13.3 Å². The quantitative estimate of drug-likeness (QED) is 0.725. The molecule has 0 bridgehead atoms. The van der Waals surface area contributed by atoms with Crippen LogP contribution in [0, 0.1) is 0 Å². The Morgan fingerprint density at radius 2 is 2.07 bits per heavy atom. The minimum atomic E-state index is 0.956. The summed E-state index contributed by atoms with van der Waals surface area (Å²) in [7, 11) is 0. The first-order valence-electron chi connectivity index (χ1n) is 4.99. The summed E-state index contributed by atoms with van der Waals surface area (Å²) in [5.74, 6) is 0. The molecule has 3 nitrogen and oxygen atoms in total. The lowest BCUT2D eigenvalue weighted by atomic mass is 10.4. The van der Waals surface area contributed by atoms with Crippen LogP contribution in [0.5, 0.6) is 0 Å². The van der Waals surface area contributed by atoms with Gasteiger partial charge < -0.3 is 9.80 Å². The Labute approximate surface area is 84.7 Å². The molecule has 0 N–H and O–H groups in total. The van der Waals surface area contributed by atoms with Gasteiger partial charge in [0.05, 0.1) is 6.67 Å². The van der Waals surface area contributed by atoms with Crippen LogP contribution >= 0.6 is 0 Å². The topological polar surface area (TPSA) is 19.4 Å². The minimum Gasteiger partial charge on any atom is -0.358 e. The van der Waals surface area contributed by atoms with E-state index in [0.29, 0.717) is 0 Å². The van der Waals surface area contributed by atoms with Crippen molar-refractivity contribution in [2.75, 3.05) is 18.1 Å². The third-order valence-corrected chi connectivity index (χ3v) is 2.30. The van der Waals surface area contributed by atoms with Gasteiger partial charge >= 0.3 is 0 Å². The highest BCUT2D eigenvalue weighted by Gasteiger charge is 2.11. The van der Waals surface area contributed by atoms with E-state index in [-0.39, 0.29) is 0 Å². The molecule has 0 aromatic carbocycles. The number of hydrogen-bond donors (Lipinski definition) is 0. The summed E-state index contributed by atoms with van der Waals surface area (Å²) >= 11 is 0. The van der Waals surface area contributed by atoms with Crippen LogP contribution in [0.15, 0.2) is 36.9 Å². The van der Waals surface area contributed by atoms with Crippen LogP contribution in [0.1, 0.15) is 13.3 Å². The maximum Gasteiger partial charge on any atom is 0.0941 e. The first kappa shape index (κ1) is 9.06. The Morgan fingerprint density at radius 1 is 1.29 bits per heavy atom. The molecular weight excluding hydrogens is 174 g/mol. The third kappa shape index (κ3) is 1.87. The highest BCUT2D eigenvalue weighted by atomic mass is 15.3. The summed E-state index contributed by atoms with van der Waals surface area (Å²) in [6.45, 7) is 4.28. The number of pyridine rings is 1. The molecule has 1 aromatic rings. The van der Waals surface area contributed by atoms with E-state index in [2.05, 4.69) is 34.1 Å². The van der Waals surface area contributed by atoms with Gasteiger partial charge in [-0.3, -0.25) is 4.98 Å². The largest absolute Gasteiger partial charge is 0.358 e. The van der Waals surface area contributed by atoms with E-state index in [1.165, 1.54) is 12.1 Å². The van der Waals surface area contributed by atoms with Crippen molar-refractivity contribution in [3.63, 3.8) is 0 Å². The molecule has 2 heterocycles. The van der Waals surface area contributed by atoms with E-state index in [0.717, 1.165) is 13.2 Å². The SMILES string of the molecule is CCCN1C=CN(c2ccncc2)C1. The molecule has 0 fully saturated rings. The molecule has 0 saturated heterocycles.